The van der Waals surface area contributed by atoms with E-state index in [0.29, 0.717) is 0 Å². The van der Waals surface area contributed by atoms with E-state index in [9.17, 15) is 0 Å². The summed E-state index contributed by atoms with van der Waals surface area (Å²) in [5.74, 6) is 1.91. The summed E-state index contributed by atoms with van der Waals surface area (Å²) < 4.78 is 8.78. The number of nitrogens with zero attached hydrogens (tertiary/aromatic N) is 4. The normalized spacial score (nSPS) is 18.8. The fourth-order valence-corrected chi connectivity index (χ4v) is 4.30. The molecule has 2 aliphatic rings. The van der Waals surface area contributed by atoms with Crippen LogP contribution in [0.25, 0.3) is 10.9 Å². The van der Waals surface area contributed by atoms with Crippen molar-refractivity contribution in [3.8, 4) is 5.75 Å². The monoisotopic (exact) mass is 354 g/mol. The summed E-state index contributed by atoms with van der Waals surface area (Å²) in [5, 5.41) is 10.4. The molecule has 2 aromatic heterocycles. The smallest absolute Gasteiger partial charge is 0.208 e. The predicted octanol–water partition coefficient (Wildman–Crippen LogP) is 3.95. The number of aromatic nitrogens is 3. The number of fused-ring (bicyclic) bond motifs is 1. The molecule has 5 nitrogen and oxygen atoms in total. The van der Waals surface area contributed by atoms with Gasteiger partial charge < -0.3 is 14.2 Å². The van der Waals surface area contributed by atoms with Gasteiger partial charge in [0.2, 0.25) is 5.13 Å². The summed E-state index contributed by atoms with van der Waals surface area (Å²) in [5.41, 5.74) is 3.10. The van der Waals surface area contributed by atoms with Crippen LogP contribution in [0.3, 0.4) is 0 Å². The third-order valence-corrected chi connectivity index (χ3v) is 6.03. The van der Waals surface area contributed by atoms with E-state index in [0.717, 1.165) is 49.3 Å². The minimum Gasteiger partial charge on any atom is -0.490 e. The number of benzene rings is 1. The zero-order valence-corrected chi connectivity index (χ0v) is 15.0. The van der Waals surface area contributed by atoms with Gasteiger partial charge in [-0.2, -0.15) is 0 Å². The third kappa shape index (κ3) is 3.11. The Kier molecular flexibility index (Phi) is 3.85. The molecule has 1 saturated heterocycles. The molecule has 1 aromatic carbocycles. The summed E-state index contributed by atoms with van der Waals surface area (Å²) in [6.45, 7) is 3.12. The van der Waals surface area contributed by atoms with Gasteiger partial charge in [-0.15, -0.1) is 10.2 Å². The first-order valence-electron chi connectivity index (χ1n) is 9.12. The second-order valence-corrected chi connectivity index (χ2v) is 7.94. The molecule has 130 valence electrons. The van der Waals surface area contributed by atoms with E-state index >= 15 is 0 Å². The first-order chi connectivity index (χ1) is 12.4. The van der Waals surface area contributed by atoms with Crippen LogP contribution in [0.4, 0.5) is 5.13 Å². The second-order valence-electron chi connectivity index (χ2n) is 7.13. The van der Waals surface area contributed by atoms with Gasteiger partial charge in [-0.25, -0.2) is 0 Å². The van der Waals surface area contributed by atoms with Gasteiger partial charge in [-0.1, -0.05) is 17.4 Å². The molecule has 25 heavy (non-hydrogen) atoms. The second kappa shape index (κ2) is 6.33. The van der Waals surface area contributed by atoms with Crippen LogP contribution in [0.5, 0.6) is 5.75 Å². The Balaban J connectivity index is 1.29. The van der Waals surface area contributed by atoms with E-state index in [2.05, 4.69) is 50.1 Å². The number of hydrogen-bond acceptors (Lipinski definition) is 5. The van der Waals surface area contributed by atoms with E-state index in [1.165, 1.54) is 23.7 Å². The van der Waals surface area contributed by atoms with Crippen LogP contribution in [0, 0.1) is 5.92 Å². The lowest BCUT2D eigenvalue weighted by atomic mass is 10.1. The quantitative estimate of drug-likeness (QED) is 0.696. The maximum Gasteiger partial charge on any atom is 0.208 e. The lowest BCUT2D eigenvalue weighted by Crippen LogP contribution is -2.38. The Bertz CT molecular complexity index is 848. The molecule has 0 amide bonds. The largest absolute Gasteiger partial charge is 0.490 e. The van der Waals surface area contributed by atoms with Crippen LogP contribution >= 0.6 is 11.3 Å². The van der Waals surface area contributed by atoms with Crippen LogP contribution in [0.15, 0.2) is 36.0 Å². The Morgan fingerprint density at radius 2 is 2.00 bits per heavy atom. The summed E-state index contributed by atoms with van der Waals surface area (Å²) in [7, 11) is 0. The van der Waals surface area contributed by atoms with Crippen molar-refractivity contribution in [2.24, 2.45) is 5.92 Å². The average molecular weight is 354 g/mol. The topological polar surface area (TPSA) is 43.2 Å². The first-order valence-corrected chi connectivity index (χ1v) is 10.0. The summed E-state index contributed by atoms with van der Waals surface area (Å²) in [6.07, 6.45) is 7.30. The fourth-order valence-electron chi connectivity index (χ4n) is 3.69. The fraction of sp³-hybridized carbons (Fsp3) is 0.474. The molecule has 3 aromatic rings. The maximum absolute atomic E-state index is 6.40. The van der Waals surface area contributed by atoms with Gasteiger partial charge in [0.15, 0.2) is 0 Å². The third-order valence-electron chi connectivity index (χ3n) is 5.28. The molecule has 0 N–H and O–H groups in total. The van der Waals surface area contributed by atoms with Crippen LogP contribution in [0.1, 0.15) is 25.7 Å². The SMILES string of the molecule is c1cc(OC2CCN(c3nncs3)CC2)c2ccn(CC3CC3)c2c1. The van der Waals surface area contributed by atoms with Crippen molar-refractivity contribution < 1.29 is 4.74 Å². The molecular formula is C19H22N4OS. The van der Waals surface area contributed by atoms with Gasteiger partial charge in [0, 0.05) is 44.1 Å². The van der Waals surface area contributed by atoms with E-state index in [1.54, 1.807) is 16.8 Å². The van der Waals surface area contributed by atoms with E-state index in [-0.39, 0.29) is 6.10 Å². The molecule has 1 aliphatic heterocycles. The molecule has 0 radical (unpaired) electrons. The Hall–Kier alpha value is -2.08. The van der Waals surface area contributed by atoms with Crippen LogP contribution in [-0.4, -0.2) is 34.0 Å². The lowest BCUT2D eigenvalue weighted by molar-refractivity contribution is 0.173. The van der Waals surface area contributed by atoms with Gasteiger partial charge in [0.05, 0.1) is 5.52 Å². The standard InChI is InChI=1S/C19H22N4OS/c1-2-17-16(8-11-23(17)12-14-4-5-14)18(3-1)24-15-6-9-22(10-7-15)19-21-20-13-25-19/h1-3,8,11,13-15H,4-7,9-10,12H2. The minimum atomic E-state index is 0.279. The predicted molar refractivity (Wildman–Crippen MR) is 100 cm³/mol. The lowest BCUT2D eigenvalue weighted by Gasteiger charge is -2.31. The van der Waals surface area contributed by atoms with Gasteiger partial charge in [-0.05, 0) is 37.0 Å². The molecule has 0 unspecified atom stereocenters. The van der Waals surface area contributed by atoms with Crippen molar-refractivity contribution in [2.75, 3.05) is 18.0 Å². The minimum absolute atomic E-state index is 0.279. The van der Waals surface area contributed by atoms with Crippen LogP contribution in [0.2, 0.25) is 0 Å². The van der Waals surface area contributed by atoms with Gasteiger partial charge in [-0.3, -0.25) is 0 Å². The molecule has 5 rings (SSSR count). The van der Waals surface area contributed by atoms with Crippen molar-refractivity contribution in [1.29, 1.82) is 0 Å². The molecule has 1 saturated carbocycles. The maximum atomic E-state index is 6.40. The summed E-state index contributed by atoms with van der Waals surface area (Å²) >= 11 is 1.61. The molecule has 1 aliphatic carbocycles. The Morgan fingerprint density at radius 3 is 2.76 bits per heavy atom. The molecular weight excluding hydrogens is 332 g/mol. The summed E-state index contributed by atoms with van der Waals surface area (Å²) in [4.78, 5) is 2.31. The van der Waals surface area contributed by atoms with E-state index in [4.69, 9.17) is 4.74 Å². The summed E-state index contributed by atoms with van der Waals surface area (Å²) in [6, 6.07) is 8.66. The van der Waals surface area contributed by atoms with Gasteiger partial charge >= 0.3 is 0 Å². The molecule has 0 spiro atoms. The Morgan fingerprint density at radius 1 is 1.12 bits per heavy atom. The number of hydrogen-bond donors (Lipinski definition) is 0. The zero-order valence-electron chi connectivity index (χ0n) is 14.2. The van der Waals surface area contributed by atoms with E-state index in [1.807, 2.05) is 0 Å². The van der Waals surface area contributed by atoms with Crippen LogP contribution in [-0.2, 0) is 6.54 Å². The van der Waals surface area contributed by atoms with Crippen molar-refractivity contribution in [1.82, 2.24) is 14.8 Å². The molecule has 3 heterocycles. The van der Waals surface area contributed by atoms with Crippen molar-refractivity contribution in [3.05, 3.63) is 36.0 Å². The Labute approximate surface area is 151 Å². The van der Waals surface area contributed by atoms with E-state index < -0.39 is 0 Å². The first kappa shape index (κ1) is 15.2. The van der Waals surface area contributed by atoms with Gasteiger partial charge in [0.1, 0.15) is 17.4 Å². The van der Waals surface area contributed by atoms with Gasteiger partial charge in [0.25, 0.3) is 0 Å². The number of ether oxygens (including phenoxy) is 1. The van der Waals surface area contributed by atoms with Crippen molar-refractivity contribution in [2.45, 2.75) is 38.3 Å². The molecule has 0 atom stereocenters. The zero-order chi connectivity index (χ0) is 16.6. The molecule has 0 bridgehead atoms. The number of piperidine rings is 1. The molecule has 2 fully saturated rings. The number of anilines is 1. The highest BCUT2D eigenvalue weighted by molar-refractivity contribution is 7.13. The van der Waals surface area contributed by atoms with Crippen molar-refractivity contribution in [3.63, 3.8) is 0 Å². The van der Waals surface area contributed by atoms with Crippen LogP contribution < -0.4 is 9.64 Å². The highest BCUT2D eigenvalue weighted by atomic mass is 32.1. The van der Waals surface area contributed by atoms with Crippen molar-refractivity contribution >= 4 is 27.4 Å². The highest BCUT2D eigenvalue weighted by Crippen LogP contribution is 2.34. The molecule has 6 heteroatoms. The average Bonchev–Trinajstić information content (AvgIpc) is 3.12. The number of rotatable bonds is 5. The highest BCUT2D eigenvalue weighted by Gasteiger charge is 2.24.